The van der Waals surface area contributed by atoms with Crippen LogP contribution in [0.25, 0.3) is 0 Å². The molecule has 0 saturated carbocycles. The van der Waals surface area contributed by atoms with Crippen LogP contribution in [0.3, 0.4) is 0 Å². The number of para-hydroxylation sites is 1. The van der Waals surface area contributed by atoms with Crippen molar-refractivity contribution in [2.45, 2.75) is 6.04 Å². The molecule has 0 aromatic heterocycles. The average Bonchev–Trinajstić information content (AvgIpc) is 2.42. The minimum Gasteiger partial charge on any atom is -0.454 e. The normalized spacial score (nSPS) is 11.9. The van der Waals surface area contributed by atoms with Gasteiger partial charge in [-0.2, -0.15) is 8.42 Å². The lowest BCUT2D eigenvalue weighted by molar-refractivity contribution is 0.442. The zero-order chi connectivity index (χ0) is 15.3. The van der Waals surface area contributed by atoms with Gasteiger partial charge in [-0.05, 0) is 35.9 Å². The van der Waals surface area contributed by atoms with Crippen LogP contribution in [0.15, 0.2) is 48.5 Å². The lowest BCUT2D eigenvalue weighted by atomic mass is 10.2. The standard InChI is InChI=1S/C14H15FO4SSi/c15-13-7-6-11(9-21-10-20(16,17)18)8-14(13)19-12-4-2-1-3-5-12/h1-8H,9-10,21H2,(H,16,17,18). The van der Waals surface area contributed by atoms with Crippen molar-refractivity contribution in [2.24, 2.45) is 0 Å². The van der Waals surface area contributed by atoms with Gasteiger partial charge in [0.25, 0.3) is 10.1 Å². The molecule has 0 saturated heterocycles. The summed E-state index contributed by atoms with van der Waals surface area (Å²) in [6.07, 6.45) is 0. The van der Waals surface area contributed by atoms with E-state index in [9.17, 15) is 12.8 Å². The Bertz CT molecular complexity index is 704. The molecule has 7 heteroatoms. The molecule has 0 aliphatic heterocycles. The molecule has 0 amide bonds. The summed E-state index contributed by atoms with van der Waals surface area (Å²) in [6, 6.07) is 13.9. The van der Waals surface area contributed by atoms with Crippen molar-refractivity contribution in [3.05, 3.63) is 59.9 Å². The van der Waals surface area contributed by atoms with Gasteiger partial charge in [-0.15, -0.1) is 0 Å². The molecule has 0 spiro atoms. The van der Waals surface area contributed by atoms with E-state index in [0.29, 0.717) is 11.8 Å². The average molecular weight is 326 g/mol. The fourth-order valence-corrected chi connectivity index (χ4v) is 4.61. The molecule has 2 rings (SSSR count). The lowest BCUT2D eigenvalue weighted by Gasteiger charge is -2.08. The van der Waals surface area contributed by atoms with E-state index >= 15 is 0 Å². The van der Waals surface area contributed by atoms with E-state index in [-0.39, 0.29) is 11.1 Å². The summed E-state index contributed by atoms with van der Waals surface area (Å²) >= 11 is 0. The Morgan fingerprint density at radius 3 is 2.52 bits per heavy atom. The van der Waals surface area contributed by atoms with E-state index in [1.165, 1.54) is 6.07 Å². The Morgan fingerprint density at radius 2 is 1.86 bits per heavy atom. The van der Waals surface area contributed by atoms with Crippen LogP contribution in [0.5, 0.6) is 11.5 Å². The molecule has 4 nitrogen and oxygen atoms in total. The summed E-state index contributed by atoms with van der Waals surface area (Å²) in [5, 5.41) is -0.181. The summed E-state index contributed by atoms with van der Waals surface area (Å²) in [6.45, 7) is 0. The molecule has 0 radical (unpaired) electrons. The molecular weight excluding hydrogens is 311 g/mol. The van der Waals surface area contributed by atoms with Crippen LogP contribution in [0.2, 0.25) is 0 Å². The van der Waals surface area contributed by atoms with Gasteiger partial charge in [0.2, 0.25) is 0 Å². The lowest BCUT2D eigenvalue weighted by Crippen LogP contribution is -2.13. The van der Waals surface area contributed by atoms with Gasteiger partial charge in [-0.1, -0.05) is 24.3 Å². The highest BCUT2D eigenvalue weighted by molar-refractivity contribution is 7.87. The van der Waals surface area contributed by atoms with Gasteiger partial charge in [0, 0.05) is 9.52 Å². The third kappa shape index (κ3) is 5.29. The topological polar surface area (TPSA) is 63.6 Å². The van der Waals surface area contributed by atoms with Crippen LogP contribution in [0, 0.1) is 5.82 Å². The van der Waals surface area contributed by atoms with Gasteiger partial charge in [-0.3, -0.25) is 4.55 Å². The largest absolute Gasteiger partial charge is 0.454 e. The highest BCUT2D eigenvalue weighted by Crippen LogP contribution is 2.25. The van der Waals surface area contributed by atoms with Crippen molar-refractivity contribution in [1.29, 1.82) is 0 Å². The summed E-state index contributed by atoms with van der Waals surface area (Å²) in [4.78, 5) is 0. The molecule has 112 valence electrons. The molecule has 0 aliphatic carbocycles. The van der Waals surface area contributed by atoms with Gasteiger partial charge in [-0.25, -0.2) is 4.39 Å². The minimum atomic E-state index is -3.90. The van der Waals surface area contributed by atoms with Crippen LogP contribution < -0.4 is 4.74 Å². The number of halogens is 1. The van der Waals surface area contributed by atoms with Crippen LogP contribution in [0.1, 0.15) is 5.56 Å². The summed E-state index contributed by atoms with van der Waals surface area (Å²) in [5.41, 5.74) is 0.803. The molecule has 0 heterocycles. The predicted molar refractivity (Wildman–Crippen MR) is 81.6 cm³/mol. The van der Waals surface area contributed by atoms with E-state index in [4.69, 9.17) is 9.29 Å². The zero-order valence-electron chi connectivity index (χ0n) is 11.2. The van der Waals surface area contributed by atoms with Crippen molar-refractivity contribution < 1.29 is 22.1 Å². The van der Waals surface area contributed by atoms with Gasteiger partial charge in [0.05, 0.1) is 5.38 Å². The number of hydrogen-bond acceptors (Lipinski definition) is 3. The van der Waals surface area contributed by atoms with Crippen molar-refractivity contribution in [2.75, 3.05) is 5.38 Å². The fourth-order valence-electron chi connectivity index (χ4n) is 1.86. The zero-order valence-corrected chi connectivity index (χ0v) is 13.4. The van der Waals surface area contributed by atoms with E-state index in [1.807, 2.05) is 6.07 Å². The molecule has 1 N–H and O–H groups in total. The molecule has 0 aliphatic rings. The highest BCUT2D eigenvalue weighted by atomic mass is 32.2. The Kier molecular flexibility index (Phi) is 5.11. The number of rotatable bonds is 6. The van der Waals surface area contributed by atoms with Crippen LogP contribution in [-0.2, 0) is 16.2 Å². The number of benzene rings is 2. The number of ether oxygens (including phenoxy) is 1. The van der Waals surface area contributed by atoms with E-state index in [2.05, 4.69) is 0 Å². The first-order valence-electron chi connectivity index (χ1n) is 6.40. The Morgan fingerprint density at radius 1 is 1.14 bits per heavy atom. The minimum absolute atomic E-state index is 0.111. The van der Waals surface area contributed by atoms with Gasteiger partial charge in [0.15, 0.2) is 11.6 Å². The first-order valence-corrected chi connectivity index (χ1v) is 10.0. The third-order valence-electron chi connectivity index (χ3n) is 2.83. The fraction of sp³-hybridized carbons (Fsp3) is 0.143. The summed E-state index contributed by atoms with van der Waals surface area (Å²) in [5.74, 6) is 0.169. The van der Waals surface area contributed by atoms with E-state index in [1.54, 1.807) is 36.4 Å². The van der Waals surface area contributed by atoms with Crippen molar-refractivity contribution >= 4 is 19.6 Å². The molecule has 2 aromatic rings. The SMILES string of the molecule is O=S(=O)(O)C[SiH2]Cc1ccc(F)c(Oc2ccccc2)c1. The maximum Gasteiger partial charge on any atom is 0.261 e. The second kappa shape index (κ2) is 6.84. The van der Waals surface area contributed by atoms with Gasteiger partial charge < -0.3 is 4.74 Å². The van der Waals surface area contributed by atoms with Gasteiger partial charge >= 0.3 is 0 Å². The summed E-state index contributed by atoms with van der Waals surface area (Å²) < 4.78 is 49.3. The Hall–Kier alpha value is -1.70. The smallest absolute Gasteiger partial charge is 0.261 e. The van der Waals surface area contributed by atoms with Crippen LogP contribution >= 0.6 is 0 Å². The second-order valence-electron chi connectivity index (χ2n) is 4.57. The molecule has 2 aromatic carbocycles. The molecule has 0 bridgehead atoms. The van der Waals surface area contributed by atoms with Crippen molar-refractivity contribution in [3.63, 3.8) is 0 Å². The molecule has 0 atom stereocenters. The molecular formula is C14H15FO4SSi. The maximum absolute atomic E-state index is 13.7. The quantitative estimate of drug-likeness (QED) is 0.652. The Labute approximate surface area is 125 Å². The first kappa shape index (κ1) is 15.7. The van der Waals surface area contributed by atoms with Crippen molar-refractivity contribution in [1.82, 2.24) is 0 Å². The monoisotopic (exact) mass is 326 g/mol. The predicted octanol–water partition coefficient (Wildman–Crippen LogP) is 2.13. The van der Waals surface area contributed by atoms with Crippen LogP contribution in [0.4, 0.5) is 4.39 Å². The van der Waals surface area contributed by atoms with Crippen molar-refractivity contribution in [3.8, 4) is 11.5 Å². The first-order chi connectivity index (χ1) is 9.94. The maximum atomic E-state index is 13.7. The molecule has 0 fully saturated rings. The number of hydrogen-bond donors (Lipinski definition) is 1. The molecule has 0 unspecified atom stereocenters. The summed E-state index contributed by atoms with van der Waals surface area (Å²) in [7, 11) is -4.91. The third-order valence-corrected chi connectivity index (χ3v) is 6.98. The van der Waals surface area contributed by atoms with E-state index in [0.717, 1.165) is 5.56 Å². The second-order valence-corrected chi connectivity index (χ2v) is 8.57. The molecule has 21 heavy (non-hydrogen) atoms. The van der Waals surface area contributed by atoms with Crippen LogP contribution in [-0.4, -0.2) is 27.9 Å². The highest BCUT2D eigenvalue weighted by Gasteiger charge is 2.09. The van der Waals surface area contributed by atoms with E-state index < -0.39 is 25.5 Å². The Balaban J connectivity index is 2.07. The van der Waals surface area contributed by atoms with Gasteiger partial charge in [0.1, 0.15) is 5.75 Å².